The highest BCUT2D eigenvalue weighted by molar-refractivity contribution is 6.48. The van der Waals surface area contributed by atoms with Gasteiger partial charge in [-0.05, 0) is 32.9 Å². The number of carbonyl (C=O) groups is 1. The van der Waals surface area contributed by atoms with Crippen molar-refractivity contribution in [1.82, 2.24) is 10.2 Å². The first kappa shape index (κ1) is 19.4. The Morgan fingerprint density at radius 2 is 1.89 bits per heavy atom. The lowest BCUT2D eigenvalue weighted by Gasteiger charge is -2.35. The number of piperidine rings is 1. The lowest BCUT2D eigenvalue weighted by molar-refractivity contribution is -0.137. The van der Waals surface area contributed by atoms with E-state index in [0.717, 1.165) is 12.1 Å². The number of halogens is 3. The Hall–Kier alpha value is -2.38. The third-order valence-corrected chi connectivity index (χ3v) is 4.77. The first-order chi connectivity index (χ1) is 12.6. The zero-order valence-corrected chi connectivity index (χ0v) is 15.6. The summed E-state index contributed by atoms with van der Waals surface area (Å²) in [6, 6.07) is 5.12. The Kier molecular flexibility index (Phi) is 5.01. The van der Waals surface area contributed by atoms with Crippen LogP contribution in [0.5, 0.6) is 0 Å². The third-order valence-electron chi connectivity index (χ3n) is 4.77. The Balaban J connectivity index is 1.78. The van der Waals surface area contributed by atoms with Crippen molar-refractivity contribution in [3.8, 4) is 0 Å². The molecule has 146 valence electrons. The zero-order chi connectivity index (χ0) is 19.8. The third kappa shape index (κ3) is 4.14. The molecule has 1 aromatic rings. The van der Waals surface area contributed by atoms with Crippen molar-refractivity contribution in [2.24, 2.45) is 9.98 Å². The van der Waals surface area contributed by atoms with Gasteiger partial charge in [-0.2, -0.15) is 13.2 Å². The standard InChI is InChI=1S/C19H23F3N4O/c1-12(2)23-17(27)26-9-7-18(8-10-26)24-13(3)16(25-18)14-5-4-6-15(11-14)19(20,21)22/h4-6,11-12H,7-10H2,1-3H3,(H,23,27). The van der Waals surface area contributed by atoms with Gasteiger partial charge in [-0.1, -0.05) is 12.1 Å². The minimum atomic E-state index is -4.40. The van der Waals surface area contributed by atoms with Gasteiger partial charge >= 0.3 is 12.2 Å². The molecule has 1 saturated heterocycles. The fourth-order valence-electron chi connectivity index (χ4n) is 3.43. The van der Waals surface area contributed by atoms with Gasteiger partial charge in [-0.15, -0.1) is 0 Å². The molecule has 8 heteroatoms. The van der Waals surface area contributed by atoms with Gasteiger partial charge in [0.15, 0.2) is 5.66 Å². The number of rotatable bonds is 2. The maximum absolute atomic E-state index is 13.0. The van der Waals surface area contributed by atoms with Gasteiger partial charge < -0.3 is 10.2 Å². The number of carbonyl (C=O) groups excluding carboxylic acids is 1. The molecule has 0 saturated carbocycles. The van der Waals surface area contributed by atoms with Crippen molar-refractivity contribution in [3.63, 3.8) is 0 Å². The van der Waals surface area contributed by atoms with Gasteiger partial charge in [-0.3, -0.25) is 9.98 Å². The molecule has 0 unspecified atom stereocenters. The molecule has 1 fully saturated rings. The summed E-state index contributed by atoms with van der Waals surface area (Å²) < 4.78 is 39.0. The fourth-order valence-corrected chi connectivity index (χ4v) is 3.43. The maximum atomic E-state index is 13.0. The summed E-state index contributed by atoms with van der Waals surface area (Å²) in [4.78, 5) is 23.2. The SMILES string of the molecule is CC1=NC2(CCN(C(=O)NC(C)C)CC2)N=C1c1cccc(C(F)(F)F)c1. The molecule has 2 aliphatic heterocycles. The number of hydrogen-bond acceptors (Lipinski definition) is 3. The number of benzene rings is 1. The van der Waals surface area contributed by atoms with Gasteiger partial charge in [0.1, 0.15) is 0 Å². The number of amides is 2. The van der Waals surface area contributed by atoms with Crippen LogP contribution in [0, 0.1) is 0 Å². The van der Waals surface area contributed by atoms with Gasteiger partial charge in [-0.25, -0.2) is 4.79 Å². The number of urea groups is 1. The van der Waals surface area contributed by atoms with Crippen LogP contribution < -0.4 is 5.32 Å². The molecule has 5 nitrogen and oxygen atoms in total. The van der Waals surface area contributed by atoms with Crippen LogP contribution in [0.1, 0.15) is 44.7 Å². The van der Waals surface area contributed by atoms with Crippen LogP contribution in [0.4, 0.5) is 18.0 Å². The second kappa shape index (κ2) is 6.98. The monoisotopic (exact) mass is 380 g/mol. The second-order valence-corrected chi connectivity index (χ2v) is 7.31. The largest absolute Gasteiger partial charge is 0.416 e. The van der Waals surface area contributed by atoms with E-state index in [9.17, 15) is 18.0 Å². The molecule has 0 radical (unpaired) electrons. The van der Waals surface area contributed by atoms with Crippen LogP contribution in [-0.2, 0) is 6.18 Å². The summed E-state index contributed by atoms with van der Waals surface area (Å²) >= 11 is 0. The summed E-state index contributed by atoms with van der Waals surface area (Å²) in [6.45, 7) is 6.59. The molecule has 0 aliphatic carbocycles. The van der Waals surface area contributed by atoms with E-state index in [1.54, 1.807) is 17.9 Å². The van der Waals surface area contributed by atoms with Crippen molar-refractivity contribution in [2.45, 2.75) is 51.5 Å². The number of likely N-dealkylation sites (tertiary alicyclic amines) is 1. The first-order valence-corrected chi connectivity index (χ1v) is 8.99. The second-order valence-electron chi connectivity index (χ2n) is 7.31. The average Bonchev–Trinajstić information content (AvgIpc) is 2.90. The molecule has 3 rings (SSSR count). The molecule has 1 spiro atoms. The smallest absolute Gasteiger partial charge is 0.336 e. The molecule has 0 atom stereocenters. The number of alkyl halides is 3. The van der Waals surface area contributed by atoms with Crippen molar-refractivity contribution < 1.29 is 18.0 Å². The molecule has 1 aromatic carbocycles. The molecule has 27 heavy (non-hydrogen) atoms. The van der Waals surface area contributed by atoms with Crippen LogP contribution >= 0.6 is 0 Å². The van der Waals surface area contributed by atoms with E-state index >= 15 is 0 Å². The van der Waals surface area contributed by atoms with E-state index in [2.05, 4.69) is 10.3 Å². The molecule has 0 bridgehead atoms. The molecule has 2 amide bonds. The predicted octanol–water partition coefficient (Wildman–Crippen LogP) is 3.88. The van der Waals surface area contributed by atoms with Gasteiger partial charge in [0.25, 0.3) is 0 Å². The van der Waals surface area contributed by atoms with E-state index in [4.69, 9.17) is 4.99 Å². The van der Waals surface area contributed by atoms with E-state index < -0.39 is 17.4 Å². The number of aliphatic imine (C=N–C) groups is 2. The minimum Gasteiger partial charge on any atom is -0.336 e. The lowest BCUT2D eigenvalue weighted by Crippen LogP contribution is -2.49. The summed E-state index contributed by atoms with van der Waals surface area (Å²) in [5.41, 5.74) is 0.178. The molecule has 1 N–H and O–H groups in total. The van der Waals surface area contributed by atoms with Gasteiger partial charge in [0.05, 0.1) is 17.0 Å². The summed E-state index contributed by atoms with van der Waals surface area (Å²) in [5, 5.41) is 2.86. The minimum absolute atomic E-state index is 0.0608. The molecular formula is C19H23F3N4O. The highest BCUT2D eigenvalue weighted by Gasteiger charge is 2.40. The van der Waals surface area contributed by atoms with Crippen molar-refractivity contribution in [3.05, 3.63) is 35.4 Å². The van der Waals surface area contributed by atoms with E-state index in [1.807, 2.05) is 13.8 Å². The van der Waals surface area contributed by atoms with Gasteiger partial charge in [0.2, 0.25) is 0 Å². The number of nitrogens with zero attached hydrogens (tertiary/aromatic N) is 3. The van der Waals surface area contributed by atoms with Crippen molar-refractivity contribution in [1.29, 1.82) is 0 Å². The molecule has 2 aliphatic rings. The van der Waals surface area contributed by atoms with Crippen molar-refractivity contribution in [2.75, 3.05) is 13.1 Å². The number of nitrogens with one attached hydrogen (secondary N) is 1. The van der Waals surface area contributed by atoms with E-state index in [0.29, 0.717) is 42.9 Å². The summed E-state index contributed by atoms with van der Waals surface area (Å²) in [6.07, 6.45) is -3.29. The van der Waals surface area contributed by atoms with Crippen LogP contribution in [0.15, 0.2) is 34.3 Å². The van der Waals surface area contributed by atoms with E-state index in [1.165, 1.54) is 6.07 Å². The Morgan fingerprint density at radius 3 is 2.48 bits per heavy atom. The Morgan fingerprint density at radius 1 is 1.22 bits per heavy atom. The topological polar surface area (TPSA) is 57.1 Å². The van der Waals surface area contributed by atoms with Gasteiger partial charge in [0, 0.05) is 37.5 Å². The summed E-state index contributed by atoms with van der Waals surface area (Å²) in [5.74, 6) is 0. The maximum Gasteiger partial charge on any atom is 0.416 e. The average molecular weight is 380 g/mol. The normalized spacial score (nSPS) is 19.3. The Bertz CT molecular complexity index is 790. The highest BCUT2D eigenvalue weighted by Crippen LogP contribution is 2.35. The van der Waals surface area contributed by atoms with E-state index in [-0.39, 0.29) is 12.1 Å². The molecular weight excluding hydrogens is 357 g/mol. The van der Waals surface area contributed by atoms with Crippen LogP contribution in [0.2, 0.25) is 0 Å². The zero-order valence-electron chi connectivity index (χ0n) is 15.6. The van der Waals surface area contributed by atoms with Crippen molar-refractivity contribution >= 4 is 17.5 Å². The molecule has 2 heterocycles. The lowest BCUT2D eigenvalue weighted by atomic mass is 9.98. The first-order valence-electron chi connectivity index (χ1n) is 8.99. The quantitative estimate of drug-likeness (QED) is 0.832. The molecule has 0 aromatic heterocycles. The Labute approximate surface area is 156 Å². The predicted molar refractivity (Wildman–Crippen MR) is 98.3 cm³/mol. The van der Waals surface area contributed by atoms with Crippen LogP contribution in [-0.4, -0.2) is 47.1 Å². The highest BCUT2D eigenvalue weighted by atomic mass is 19.4. The van der Waals surface area contributed by atoms with Crippen LogP contribution in [0.25, 0.3) is 0 Å². The number of hydrogen-bond donors (Lipinski definition) is 1. The fraction of sp³-hybridized carbons (Fsp3) is 0.526. The summed E-state index contributed by atoms with van der Waals surface area (Å²) in [7, 11) is 0. The van der Waals surface area contributed by atoms with Crippen LogP contribution in [0.3, 0.4) is 0 Å².